The lowest BCUT2D eigenvalue weighted by Gasteiger charge is -2.45. The highest BCUT2D eigenvalue weighted by atomic mass is 35.5. The molecular formula is C16H26ClN3. The van der Waals surface area contributed by atoms with Crippen molar-refractivity contribution in [2.75, 3.05) is 20.1 Å². The molecule has 0 aliphatic heterocycles. The van der Waals surface area contributed by atoms with Crippen molar-refractivity contribution in [1.29, 1.82) is 0 Å². The molecule has 3 nitrogen and oxygen atoms in total. The Morgan fingerprint density at radius 3 is 2.85 bits per heavy atom. The Morgan fingerprint density at radius 1 is 1.35 bits per heavy atom. The summed E-state index contributed by atoms with van der Waals surface area (Å²) in [6, 6.07) is 8.62. The van der Waals surface area contributed by atoms with Crippen LogP contribution in [0.1, 0.15) is 37.7 Å². The van der Waals surface area contributed by atoms with Gasteiger partial charge in [-0.15, -0.1) is 0 Å². The largest absolute Gasteiger partial charge is 0.330 e. The summed E-state index contributed by atoms with van der Waals surface area (Å²) in [5.74, 6) is 0. The first-order chi connectivity index (χ1) is 9.74. The van der Waals surface area contributed by atoms with Crippen LogP contribution in [0, 0.1) is 0 Å². The average molecular weight is 296 g/mol. The van der Waals surface area contributed by atoms with Crippen molar-refractivity contribution >= 4 is 11.6 Å². The SMILES string of the molecule is CNC1(c2ccccc2Cl)CCCCC1NCCCN. The van der Waals surface area contributed by atoms with Gasteiger partial charge in [0, 0.05) is 11.1 Å². The van der Waals surface area contributed by atoms with Crippen molar-refractivity contribution in [3.63, 3.8) is 0 Å². The molecule has 1 saturated carbocycles. The number of rotatable bonds is 6. The maximum absolute atomic E-state index is 6.46. The second-order valence-electron chi connectivity index (χ2n) is 5.60. The summed E-state index contributed by atoms with van der Waals surface area (Å²) in [6.45, 7) is 1.70. The van der Waals surface area contributed by atoms with Crippen molar-refractivity contribution in [2.24, 2.45) is 5.73 Å². The fourth-order valence-electron chi connectivity index (χ4n) is 3.41. The molecule has 0 bridgehead atoms. The minimum Gasteiger partial charge on any atom is -0.330 e. The van der Waals surface area contributed by atoms with Crippen LogP contribution in [-0.2, 0) is 5.54 Å². The zero-order valence-electron chi connectivity index (χ0n) is 12.3. The van der Waals surface area contributed by atoms with Crippen LogP contribution in [0.2, 0.25) is 5.02 Å². The van der Waals surface area contributed by atoms with Gasteiger partial charge in [0.2, 0.25) is 0 Å². The van der Waals surface area contributed by atoms with Crippen LogP contribution < -0.4 is 16.4 Å². The summed E-state index contributed by atoms with van der Waals surface area (Å²) in [6.07, 6.45) is 5.82. The average Bonchev–Trinajstić information content (AvgIpc) is 2.49. The third-order valence-electron chi connectivity index (χ3n) is 4.48. The molecular weight excluding hydrogens is 270 g/mol. The number of hydrogen-bond donors (Lipinski definition) is 3. The lowest BCUT2D eigenvalue weighted by molar-refractivity contribution is 0.178. The van der Waals surface area contributed by atoms with E-state index in [0.29, 0.717) is 6.04 Å². The Morgan fingerprint density at radius 2 is 2.15 bits per heavy atom. The molecule has 4 N–H and O–H groups in total. The van der Waals surface area contributed by atoms with E-state index in [1.165, 1.54) is 24.8 Å². The first-order valence-electron chi connectivity index (χ1n) is 7.62. The van der Waals surface area contributed by atoms with Crippen LogP contribution in [0.3, 0.4) is 0 Å². The summed E-state index contributed by atoms with van der Waals surface area (Å²) < 4.78 is 0. The summed E-state index contributed by atoms with van der Waals surface area (Å²) in [5, 5.41) is 8.12. The molecule has 20 heavy (non-hydrogen) atoms. The molecule has 0 saturated heterocycles. The van der Waals surface area contributed by atoms with Crippen LogP contribution in [-0.4, -0.2) is 26.2 Å². The molecule has 0 aromatic heterocycles. The van der Waals surface area contributed by atoms with Crippen molar-refractivity contribution in [2.45, 2.75) is 43.7 Å². The molecule has 0 radical (unpaired) electrons. The lowest BCUT2D eigenvalue weighted by atomic mass is 9.72. The third kappa shape index (κ3) is 3.17. The predicted octanol–water partition coefficient (Wildman–Crippen LogP) is 2.64. The van der Waals surface area contributed by atoms with Crippen molar-refractivity contribution in [1.82, 2.24) is 10.6 Å². The third-order valence-corrected chi connectivity index (χ3v) is 4.81. The molecule has 2 unspecified atom stereocenters. The number of hydrogen-bond acceptors (Lipinski definition) is 3. The minimum absolute atomic E-state index is 0.0643. The molecule has 0 heterocycles. The zero-order chi connectivity index (χ0) is 14.4. The van der Waals surface area contributed by atoms with E-state index in [2.05, 4.69) is 22.8 Å². The van der Waals surface area contributed by atoms with Crippen LogP contribution in [0.25, 0.3) is 0 Å². The van der Waals surface area contributed by atoms with Crippen LogP contribution in [0.4, 0.5) is 0 Å². The van der Waals surface area contributed by atoms with E-state index in [1.54, 1.807) is 0 Å². The van der Waals surface area contributed by atoms with Gasteiger partial charge in [0.1, 0.15) is 0 Å². The second-order valence-corrected chi connectivity index (χ2v) is 6.00. The highest BCUT2D eigenvalue weighted by Gasteiger charge is 2.41. The molecule has 1 fully saturated rings. The van der Waals surface area contributed by atoms with Crippen LogP contribution in [0.15, 0.2) is 24.3 Å². The number of nitrogens with one attached hydrogen (secondary N) is 2. The smallest absolute Gasteiger partial charge is 0.0602 e. The Hall–Kier alpha value is -0.610. The molecule has 4 heteroatoms. The fourth-order valence-corrected chi connectivity index (χ4v) is 3.71. The maximum Gasteiger partial charge on any atom is 0.0602 e. The molecule has 1 aromatic carbocycles. The quantitative estimate of drug-likeness (QED) is 0.707. The monoisotopic (exact) mass is 295 g/mol. The van der Waals surface area contributed by atoms with Crippen molar-refractivity contribution < 1.29 is 0 Å². The van der Waals surface area contributed by atoms with Gasteiger partial charge in [-0.2, -0.15) is 0 Å². The molecule has 2 atom stereocenters. The first kappa shape index (κ1) is 15.8. The van der Waals surface area contributed by atoms with Gasteiger partial charge in [-0.3, -0.25) is 0 Å². The van der Waals surface area contributed by atoms with Crippen LogP contribution >= 0.6 is 11.6 Å². The number of nitrogens with two attached hydrogens (primary N) is 1. The van der Waals surface area contributed by atoms with E-state index in [0.717, 1.165) is 31.0 Å². The number of likely N-dealkylation sites (N-methyl/N-ethyl adjacent to an activating group) is 1. The van der Waals surface area contributed by atoms with Gasteiger partial charge < -0.3 is 16.4 Å². The molecule has 112 valence electrons. The minimum atomic E-state index is -0.0643. The summed E-state index contributed by atoms with van der Waals surface area (Å²) in [7, 11) is 2.05. The molecule has 1 aromatic rings. The highest BCUT2D eigenvalue weighted by Crippen LogP contribution is 2.40. The fraction of sp³-hybridized carbons (Fsp3) is 0.625. The van der Waals surface area contributed by atoms with Gasteiger partial charge in [-0.1, -0.05) is 42.6 Å². The summed E-state index contributed by atoms with van der Waals surface area (Å²) >= 11 is 6.46. The normalized spacial score (nSPS) is 26.6. The molecule has 2 rings (SSSR count). The van der Waals surface area contributed by atoms with Gasteiger partial charge in [-0.05, 0) is 51.0 Å². The van der Waals surface area contributed by atoms with Gasteiger partial charge in [0.25, 0.3) is 0 Å². The predicted molar refractivity (Wildman–Crippen MR) is 86.1 cm³/mol. The Balaban J connectivity index is 2.26. The van der Waals surface area contributed by atoms with Crippen molar-refractivity contribution in [3.8, 4) is 0 Å². The van der Waals surface area contributed by atoms with E-state index in [-0.39, 0.29) is 5.54 Å². The molecule has 1 aliphatic carbocycles. The molecule has 0 spiro atoms. The van der Waals surface area contributed by atoms with E-state index in [1.807, 2.05) is 19.2 Å². The van der Waals surface area contributed by atoms with E-state index in [4.69, 9.17) is 17.3 Å². The van der Waals surface area contributed by atoms with Crippen LogP contribution in [0.5, 0.6) is 0 Å². The summed E-state index contributed by atoms with van der Waals surface area (Å²) in [4.78, 5) is 0. The number of halogens is 1. The Bertz CT molecular complexity index is 424. The zero-order valence-corrected chi connectivity index (χ0v) is 13.0. The van der Waals surface area contributed by atoms with Crippen molar-refractivity contribution in [3.05, 3.63) is 34.9 Å². The van der Waals surface area contributed by atoms with Gasteiger partial charge in [0.15, 0.2) is 0 Å². The van der Waals surface area contributed by atoms with E-state index in [9.17, 15) is 0 Å². The van der Waals surface area contributed by atoms with E-state index < -0.39 is 0 Å². The van der Waals surface area contributed by atoms with Gasteiger partial charge in [-0.25, -0.2) is 0 Å². The highest BCUT2D eigenvalue weighted by molar-refractivity contribution is 6.31. The number of benzene rings is 1. The van der Waals surface area contributed by atoms with Gasteiger partial charge >= 0.3 is 0 Å². The standard InChI is InChI=1S/C16H26ClN3/c1-19-16(13-7-2-3-8-14(13)17)10-5-4-9-15(16)20-12-6-11-18/h2-3,7-8,15,19-20H,4-6,9-12,18H2,1H3. The Labute approximate surface area is 127 Å². The Kier molecular flexibility index (Phi) is 5.85. The topological polar surface area (TPSA) is 50.1 Å². The van der Waals surface area contributed by atoms with E-state index >= 15 is 0 Å². The van der Waals surface area contributed by atoms with Gasteiger partial charge in [0.05, 0.1) is 5.54 Å². The first-order valence-corrected chi connectivity index (χ1v) is 8.00. The lowest BCUT2D eigenvalue weighted by Crippen LogP contribution is -2.58. The molecule has 1 aliphatic rings. The summed E-state index contributed by atoms with van der Waals surface area (Å²) in [5.41, 5.74) is 6.76. The maximum atomic E-state index is 6.46. The second kappa shape index (κ2) is 7.41. The molecule has 0 amide bonds.